The van der Waals surface area contributed by atoms with Crippen LogP contribution in [0.4, 0.5) is 4.39 Å². The van der Waals surface area contributed by atoms with Crippen molar-refractivity contribution in [3.63, 3.8) is 0 Å². The van der Waals surface area contributed by atoms with Crippen molar-refractivity contribution >= 4 is 5.97 Å². The highest BCUT2D eigenvalue weighted by atomic mass is 19.1. The van der Waals surface area contributed by atoms with Gasteiger partial charge < -0.3 is 19.3 Å². The molecule has 0 radical (unpaired) electrons. The number of hydrogen-bond donors (Lipinski definition) is 1. The van der Waals surface area contributed by atoms with E-state index in [4.69, 9.17) is 19.3 Å². The number of benzene rings is 3. The first-order valence-corrected chi connectivity index (χ1v) is 13.4. The molecule has 0 amide bonds. The normalized spacial score (nSPS) is 16.8. The summed E-state index contributed by atoms with van der Waals surface area (Å²) < 4.78 is 33.3. The Balaban J connectivity index is 1.24. The highest BCUT2D eigenvalue weighted by Gasteiger charge is 2.32. The van der Waals surface area contributed by atoms with E-state index in [1.165, 1.54) is 6.07 Å². The lowest BCUT2D eigenvalue weighted by Gasteiger charge is -2.18. The highest BCUT2D eigenvalue weighted by molar-refractivity contribution is 5.69. The fourth-order valence-electron chi connectivity index (χ4n) is 5.74. The van der Waals surface area contributed by atoms with Gasteiger partial charge in [-0.15, -0.1) is 0 Å². The van der Waals surface area contributed by atoms with Crippen LogP contribution in [0.25, 0.3) is 11.1 Å². The van der Waals surface area contributed by atoms with E-state index in [-0.39, 0.29) is 18.2 Å². The molecule has 3 aromatic carbocycles. The Kier molecular flexibility index (Phi) is 6.80. The molecule has 2 aliphatic rings. The second kappa shape index (κ2) is 10.6. The number of ether oxygens (including phenoxy) is 3. The van der Waals surface area contributed by atoms with Crippen molar-refractivity contribution in [1.82, 2.24) is 4.98 Å². The molecule has 2 unspecified atom stereocenters. The van der Waals surface area contributed by atoms with Gasteiger partial charge in [0.05, 0.1) is 18.6 Å². The minimum atomic E-state index is -0.875. The zero-order valence-electron chi connectivity index (χ0n) is 22.6. The summed E-state index contributed by atoms with van der Waals surface area (Å²) in [5.74, 6) is 0.532. The topological polar surface area (TPSA) is 102 Å². The predicted octanol–water partition coefficient (Wildman–Crippen LogP) is 7.19. The van der Waals surface area contributed by atoms with Gasteiger partial charge in [-0.3, -0.25) is 9.78 Å². The van der Waals surface area contributed by atoms with Gasteiger partial charge in [0, 0.05) is 40.1 Å². The molecule has 8 heteroatoms. The Hall–Kier alpha value is -4.90. The fourth-order valence-corrected chi connectivity index (χ4v) is 5.74. The second-order valence-corrected chi connectivity index (χ2v) is 10.5. The van der Waals surface area contributed by atoms with Gasteiger partial charge in [-0.2, -0.15) is 5.26 Å². The molecule has 6 rings (SSSR count). The number of hydrogen-bond acceptors (Lipinski definition) is 6. The molecule has 2 heterocycles. The minimum absolute atomic E-state index is 0.00346. The zero-order valence-corrected chi connectivity index (χ0v) is 22.6. The Labute approximate surface area is 236 Å². The maximum atomic E-state index is 15.1. The molecule has 2 atom stereocenters. The van der Waals surface area contributed by atoms with E-state index in [9.17, 15) is 10.1 Å². The molecule has 7 nitrogen and oxygen atoms in total. The van der Waals surface area contributed by atoms with Gasteiger partial charge in [-0.1, -0.05) is 12.1 Å². The van der Waals surface area contributed by atoms with Crippen molar-refractivity contribution in [2.75, 3.05) is 6.61 Å². The van der Waals surface area contributed by atoms with Gasteiger partial charge in [-0.05, 0) is 80.3 Å². The summed E-state index contributed by atoms with van der Waals surface area (Å²) in [5, 5.41) is 19.0. The number of aryl methyl sites for hydroxylation is 2. The number of aromatic nitrogens is 1. The average Bonchev–Trinajstić information content (AvgIpc) is 3.54. The Morgan fingerprint density at radius 1 is 1.07 bits per heavy atom. The first-order valence-electron chi connectivity index (χ1n) is 13.4. The first kappa shape index (κ1) is 26.3. The lowest BCUT2D eigenvalue weighted by Crippen LogP contribution is -2.07. The maximum Gasteiger partial charge on any atom is 0.304 e. The molecule has 1 aliphatic carbocycles. The molecule has 0 fully saturated rings. The quantitative estimate of drug-likeness (QED) is 0.260. The summed E-state index contributed by atoms with van der Waals surface area (Å²) in [4.78, 5) is 15.6. The number of fused-ring (bicyclic) bond motifs is 2. The molecule has 41 heavy (non-hydrogen) atoms. The number of carbonyl (C=O) groups is 1. The summed E-state index contributed by atoms with van der Waals surface area (Å²) in [5.41, 5.74) is 6.00. The maximum absolute atomic E-state index is 15.1. The molecule has 206 valence electrons. The van der Waals surface area contributed by atoms with E-state index in [0.717, 1.165) is 28.1 Å². The summed E-state index contributed by atoms with van der Waals surface area (Å²) >= 11 is 0. The highest BCUT2D eigenvalue weighted by Crippen LogP contribution is 2.45. The SMILES string of the molecule is Cc1cc(-c2ccc(Oc3ccc(F)c4c3CCC4Oc3ccc4c(c3)OCC4CC(=O)O)c(C#N)c2)cc(C)n1. The summed E-state index contributed by atoms with van der Waals surface area (Å²) in [6, 6.07) is 19.9. The van der Waals surface area contributed by atoms with Crippen molar-refractivity contribution in [2.45, 2.75) is 45.1 Å². The number of nitrogens with zero attached hydrogens (tertiary/aromatic N) is 2. The van der Waals surface area contributed by atoms with Crippen LogP contribution in [0.1, 0.15) is 58.5 Å². The van der Waals surface area contributed by atoms with Crippen LogP contribution in [-0.4, -0.2) is 22.7 Å². The van der Waals surface area contributed by atoms with Gasteiger partial charge in [0.2, 0.25) is 0 Å². The van der Waals surface area contributed by atoms with Crippen molar-refractivity contribution < 1.29 is 28.5 Å². The van der Waals surface area contributed by atoms with Crippen LogP contribution in [0.3, 0.4) is 0 Å². The Morgan fingerprint density at radius 3 is 2.61 bits per heavy atom. The third-order valence-electron chi connectivity index (χ3n) is 7.54. The number of carboxylic acid groups (broad SMARTS) is 1. The molecular formula is C33H27FN2O5. The molecule has 1 aliphatic heterocycles. The molecule has 0 spiro atoms. The monoisotopic (exact) mass is 550 g/mol. The van der Waals surface area contributed by atoms with E-state index in [1.54, 1.807) is 30.3 Å². The third-order valence-corrected chi connectivity index (χ3v) is 7.54. The fraction of sp³-hybridized carbons (Fsp3) is 0.242. The third kappa shape index (κ3) is 5.19. The standard InChI is InChI=1S/C33H27FN2O5/c1-18-11-21(12-19(2)36-18)20-3-8-28(22(13-20)16-35)41-29-10-7-27(34)33-26(29)6-9-30(33)40-24-4-5-25-23(14-32(37)38)17-39-31(25)15-24/h3-5,7-8,10-13,15,23,30H,6,9,14,17H2,1-2H3,(H,37,38). The molecule has 0 saturated carbocycles. The van der Waals surface area contributed by atoms with Gasteiger partial charge in [0.15, 0.2) is 0 Å². The van der Waals surface area contributed by atoms with Crippen LogP contribution in [0.5, 0.6) is 23.0 Å². The Bertz CT molecular complexity index is 1710. The van der Waals surface area contributed by atoms with E-state index >= 15 is 4.39 Å². The first-order chi connectivity index (χ1) is 19.8. The lowest BCUT2D eigenvalue weighted by molar-refractivity contribution is -0.137. The van der Waals surface area contributed by atoms with E-state index in [0.29, 0.717) is 59.1 Å². The number of halogens is 1. The number of carboxylic acids is 1. The summed E-state index contributed by atoms with van der Waals surface area (Å²) in [7, 11) is 0. The van der Waals surface area contributed by atoms with Gasteiger partial charge >= 0.3 is 5.97 Å². The average molecular weight is 551 g/mol. The van der Waals surface area contributed by atoms with E-state index in [2.05, 4.69) is 11.1 Å². The smallest absolute Gasteiger partial charge is 0.304 e. The number of nitriles is 1. The molecule has 1 N–H and O–H groups in total. The van der Waals surface area contributed by atoms with Crippen LogP contribution < -0.4 is 14.2 Å². The van der Waals surface area contributed by atoms with Crippen LogP contribution >= 0.6 is 0 Å². The lowest BCUT2D eigenvalue weighted by atomic mass is 9.98. The van der Waals surface area contributed by atoms with Crippen molar-refractivity contribution in [1.29, 1.82) is 5.26 Å². The van der Waals surface area contributed by atoms with Crippen molar-refractivity contribution in [3.8, 4) is 40.2 Å². The van der Waals surface area contributed by atoms with Crippen molar-refractivity contribution in [2.24, 2.45) is 0 Å². The van der Waals surface area contributed by atoms with Gasteiger partial charge in [0.25, 0.3) is 0 Å². The van der Waals surface area contributed by atoms with Crippen LogP contribution in [-0.2, 0) is 11.2 Å². The largest absolute Gasteiger partial charge is 0.492 e. The predicted molar refractivity (Wildman–Crippen MR) is 149 cm³/mol. The van der Waals surface area contributed by atoms with Crippen LogP contribution in [0.2, 0.25) is 0 Å². The van der Waals surface area contributed by atoms with E-state index < -0.39 is 12.1 Å². The molecule has 4 aromatic rings. The molecule has 0 bridgehead atoms. The van der Waals surface area contributed by atoms with Crippen molar-refractivity contribution in [3.05, 3.63) is 100 Å². The van der Waals surface area contributed by atoms with Crippen LogP contribution in [0.15, 0.2) is 60.7 Å². The number of aliphatic carboxylic acids is 1. The molecule has 1 aromatic heterocycles. The van der Waals surface area contributed by atoms with Gasteiger partial charge in [0.1, 0.15) is 41.0 Å². The minimum Gasteiger partial charge on any atom is -0.492 e. The van der Waals surface area contributed by atoms with Crippen LogP contribution in [0, 0.1) is 31.0 Å². The summed E-state index contributed by atoms with van der Waals surface area (Å²) in [6.07, 6.45) is 0.567. The van der Waals surface area contributed by atoms with E-state index in [1.807, 2.05) is 38.1 Å². The Morgan fingerprint density at radius 2 is 1.85 bits per heavy atom. The number of rotatable bonds is 7. The summed E-state index contributed by atoms with van der Waals surface area (Å²) in [6.45, 7) is 4.17. The molecular weight excluding hydrogens is 523 g/mol. The van der Waals surface area contributed by atoms with Gasteiger partial charge in [-0.25, -0.2) is 4.39 Å². The second-order valence-electron chi connectivity index (χ2n) is 10.5. The zero-order chi connectivity index (χ0) is 28.7. The molecule has 0 saturated heterocycles. The number of pyridine rings is 1.